The zero-order valence-corrected chi connectivity index (χ0v) is 8.30. The maximum Gasteiger partial charge on any atom is 4.00 e. The van der Waals surface area contributed by atoms with Crippen molar-refractivity contribution in [1.82, 2.24) is 6.15 Å². The quantitative estimate of drug-likeness (QED) is 0.444. The molecule has 0 bridgehead atoms. The first-order valence-corrected chi connectivity index (χ1v) is 1.22. The van der Waals surface area contributed by atoms with Crippen LogP contribution in [-0.4, -0.2) is 23.3 Å². The van der Waals surface area contributed by atoms with Crippen LogP contribution >= 0.6 is 0 Å². The summed E-state index contributed by atoms with van der Waals surface area (Å²) >= 11 is 0. The van der Waals surface area contributed by atoms with Crippen molar-refractivity contribution < 1.29 is 67.2 Å². The summed E-state index contributed by atoms with van der Waals surface area (Å²) in [5, 5.41) is 33.3. The molecule has 0 heterocycles. The minimum Gasteiger partial charge on any atom is -0.870 e. The Labute approximate surface area is 86.0 Å². The molecule has 0 radical (unpaired) electrons. The van der Waals surface area contributed by atoms with Gasteiger partial charge in [0.15, 0.2) is 0 Å². The maximum absolute atomic E-state index is 8.33. The van der Waals surface area contributed by atoms with Gasteiger partial charge < -0.3 is 47.1 Å². The third-order valence-corrected chi connectivity index (χ3v) is 0. The Morgan fingerprint density at radius 2 is 0.750 bits per heavy atom. The van der Waals surface area contributed by atoms with Crippen molar-refractivity contribution in [2.24, 2.45) is 0 Å². The van der Waals surface area contributed by atoms with Gasteiger partial charge in [0.05, 0.1) is 0 Å². The average molecular weight is 263 g/mol. The minimum atomic E-state index is -2.33. The summed E-state index contributed by atoms with van der Waals surface area (Å²) in [5.74, 6) is 0. The molecule has 0 aromatic carbocycles. The van der Waals surface area contributed by atoms with E-state index in [0.29, 0.717) is 0 Å². The normalized spacial score (nSPS) is 4.00. The molecule has 9 nitrogen and oxygen atoms in total. The van der Waals surface area contributed by atoms with Crippen LogP contribution in [0.5, 0.6) is 0 Å². The van der Waals surface area contributed by atoms with Crippen LogP contribution in [0.2, 0.25) is 0 Å². The molecule has 0 aliphatic carbocycles. The van der Waals surface area contributed by atoms with Gasteiger partial charge in [-0.3, -0.25) is 0 Å². The van der Waals surface area contributed by atoms with E-state index in [-0.39, 0.29) is 43.3 Å². The summed E-state index contributed by atoms with van der Waals surface area (Å²) in [7, 11) is 0. The van der Waals surface area contributed by atoms with E-state index in [1.807, 2.05) is 0 Å². The van der Waals surface area contributed by atoms with Gasteiger partial charge in [-0.05, 0) is 12.3 Å². The van der Waals surface area contributed by atoms with E-state index in [9.17, 15) is 0 Å². The second kappa shape index (κ2) is 31.7. The van der Waals surface area contributed by atoms with Crippen molar-refractivity contribution in [3.05, 3.63) is 0 Å². The molecule has 0 saturated heterocycles. The van der Waals surface area contributed by atoms with Crippen LogP contribution in [0.1, 0.15) is 0 Å². The Kier molecular flexibility index (Phi) is 113. The number of hydrogen-bond donors (Lipinski definition) is 1. The summed E-state index contributed by atoms with van der Waals surface area (Å²) in [4.78, 5) is 16.7. The van der Waals surface area contributed by atoms with Gasteiger partial charge in [0.25, 0.3) is 0 Å². The van der Waals surface area contributed by atoms with Gasteiger partial charge >= 0.3 is 26.2 Å². The van der Waals surface area contributed by atoms with Crippen LogP contribution in [0.25, 0.3) is 0 Å². The van der Waals surface area contributed by atoms with E-state index in [1.165, 1.54) is 0 Å². The van der Waals surface area contributed by atoms with E-state index in [2.05, 4.69) is 0 Å². The molecule has 0 unspecified atom stereocenters. The Hall–Kier alpha value is -0.697. The van der Waals surface area contributed by atoms with Gasteiger partial charge in [-0.2, -0.15) is 0 Å². The van der Waals surface area contributed by atoms with E-state index in [0.717, 1.165) is 0 Å². The van der Waals surface area contributed by atoms with Gasteiger partial charge in [0.1, 0.15) is 0 Å². The van der Waals surface area contributed by atoms with Crippen molar-refractivity contribution in [1.29, 1.82) is 0 Å². The Bertz CT molecular complexity index is 75.1. The summed E-state index contributed by atoms with van der Waals surface area (Å²) in [6.45, 7) is 0. The molecular weight excluding hydrogens is 257 g/mol. The molecule has 0 atom stereocenters. The molecule has 0 aliphatic heterocycles. The summed E-state index contributed by atoms with van der Waals surface area (Å²) in [5.41, 5.74) is 0. The third-order valence-electron chi connectivity index (χ3n) is 0. The first-order valence-electron chi connectivity index (χ1n) is 1.22. The fourth-order valence-corrected chi connectivity index (χ4v) is 0. The van der Waals surface area contributed by atoms with E-state index >= 15 is 0 Å². The summed E-state index contributed by atoms with van der Waals surface area (Å²) < 4.78 is 0. The first kappa shape index (κ1) is 42.7. The molecule has 10 heteroatoms. The predicted molar refractivity (Wildman–Crippen MR) is 20.6 cm³/mol. The fourth-order valence-electron chi connectivity index (χ4n) is 0. The Balaban J connectivity index is -0.0000000112. The first-order chi connectivity index (χ1) is 3.46. The van der Waals surface area contributed by atoms with E-state index in [4.69, 9.17) is 30.0 Å². The monoisotopic (exact) mass is 262 g/mol. The standard InChI is InChI=1S/2CH2O3.H3N.2H2O.Zr/c2*2-1(3)4;;;;/h2*(H2,2,3,4);1H3;2*1H2;/q;;;;;+4/p-5. The zero-order valence-electron chi connectivity index (χ0n) is 5.84. The molecule has 6 N–H and O–H groups in total. The van der Waals surface area contributed by atoms with Crippen LogP contribution in [0, 0.1) is 0 Å². The smallest absolute Gasteiger partial charge is 0.870 e. The molecule has 0 aliphatic rings. The van der Waals surface area contributed by atoms with Gasteiger partial charge in [0, 0.05) is 0 Å². The van der Waals surface area contributed by atoms with Crippen molar-refractivity contribution in [2.45, 2.75) is 0 Å². The second-order valence-corrected chi connectivity index (χ2v) is 0.500. The van der Waals surface area contributed by atoms with Crippen LogP contribution in [0.4, 0.5) is 9.59 Å². The van der Waals surface area contributed by atoms with Crippen LogP contribution in [0.15, 0.2) is 0 Å². The number of rotatable bonds is 0. The number of quaternary nitrogens is 1. The number of carbonyl (C=O) groups is 2. The van der Waals surface area contributed by atoms with Crippen LogP contribution in [-0.2, 0) is 26.2 Å². The van der Waals surface area contributed by atoms with Gasteiger partial charge in [-0.15, -0.1) is 0 Å². The van der Waals surface area contributed by atoms with Crippen molar-refractivity contribution >= 4 is 12.3 Å². The largest absolute Gasteiger partial charge is 4.00 e. The third kappa shape index (κ3) is 1320. The van der Waals surface area contributed by atoms with Crippen LogP contribution < -0.4 is 26.6 Å². The maximum atomic E-state index is 8.33. The van der Waals surface area contributed by atoms with Crippen molar-refractivity contribution in [3.63, 3.8) is 0 Å². The molecule has 0 aromatic heterocycles. The molecule has 0 saturated carbocycles. The molecule has 0 amide bonds. The van der Waals surface area contributed by atoms with Crippen molar-refractivity contribution in [2.75, 3.05) is 0 Å². The average Bonchev–Trinajstić information content (AvgIpc) is 1.25. The molecule has 0 rings (SSSR count). The molecular formula is C2H6NO8Zr-. The van der Waals surface area contributed by atoms with E-state index in [1.54, 1.807) is 0 Å². The summed E-state index contributed by atoms with van der Waals surface area (Å²) in [6.07, 6.45) is -4.67. The topological polar surface area (TPSA) is 223 Å². The molecule has 0 fully saturated rings. The number of carboxylic acid groups (broad SMARTS) is 4. The predicted octanol–water partition coefficient (Wildman–Crippen LogP) is -4.87. The minimum absolute atomic E-state index is 0. The van der Waals surface area contributed by atoms with Crippen molar-refractivity contribution in [3.8, 4) is 0 Å². The molecule has 72 valence electrons. The second-order valence-electron chi connectivity index (χ2n) is 0.500. The van der Waals surface area contributed by atoms with Gasteiger partial charge in [-0.1, -0.05) is 0 Å². The molecule has 0 spiro atoms. The number of carbonyl (C=O) groups excluding carboxylic acids is 2. The van der Waals surface area contributed by atoms with Gasteiger partial charge in [0.2, 0.25) is 0 Å². The van der Waals surface area contributed by atoms with Gasteiger partial charge in [-0.25, -0.2) is 0 Å². The zero-order chi connectivity index (χ0) is 7.15. The Morgan fingerprint density at radius 1 is 0.750 bits per heavy atom. The SMILES string of the molecule is O=C([O-])[O-].O=C([O-])[O-].[NH4+].[OH-].[OH-].[Zr+4]. The van der Waals surface area contributed by atoms with E-state index < -0.39 is 12.3 Å². The molecule has 12 heavy (non-hydrogen) atoms. The summed E-state index contributed by atoms with van der Waals surface area (Å²) in [6, 6.07) is 0. The number of hydrogen-bond acceptors (Lipinski definition) is 8. The van der Waals surface area contributed by atoms with Crippen LogP contribution in [0.3, 0.4) is 0 Å². The Morgan fingerprint density at radius 3 is 0.750 bits per heavy atom. The fraction of sp³-hybridized carbons (Fsp3) is 0. The molecule has 0 aromatic rings.